The average molecular weight is 203 g/mol. The molecule has 0 fully saturated rings. The Kier molecular flexibility index (Phi) is 5.00. The predicted octanol–water partition coefficient (Wildman–Crippen LogP) is 2.81. The average Bonchev–Trinajstić information content (AvgIpc) is 1.97. The lowest BCUT2D eigenvalue weighted by Crippen LogP contribution is -2.26. The lowest BCUT2D eigenvalue weighted by Gasteiger charge is -2.18. The number of hydrogen-bond acceptors (Lipinski definition) is 2. The predicted molar refractivity (Wildman–Crippen MR) is 60.4 cm³/mol. The van der Waals surface area contributed by atoms with Gasteiger partial charge in [0.25, 0.3) is 0 Å². The molecule has 0 aliphatic heterocycles. The van der Waals surface area contributed by atoms with Crippen LogP contribution in [0.1, 0.15) is 41.5 Å². The van der Waals surface area contributed by atoms with E-state index in [2.05, 4.69) is 25.2 Å². The van der Waals surface area contributed by atoms with Gasteiger partial charge < -0.3 is 4.55 Å². The molecule has 0 rings (SSSR count). The molecule has 0 aromatic rings. The van der Waals surface area contributed by atoms with Crippen molar-refractivity contribution in [1.82, 2.24) is 0 Å². The molecule has 13 heavy (non-hydrogen) atoms. The van der Waals surface area contributed by atoms with Crippen molar-refractivity contribution >= 4 is 17.6 Å². The van der Waals surface area contributed by atoms with Gasteiger partial charge in [0.05, 0.1) is 6.21 Å². The van der Waals surface area contributed by atoms with E-state index in [-0.39, 0.29) is 4.75 Å². The summed E-state index contributed by atoms with van der Waals surface area (Å²) in [5.41, 5.74) is 0. The molecule has 0 aromatic carbocycles. The van der Waals surface area contributed by atoms with Crippen molar-refractivity contribution in [2.45, 2.75) is 46.3 Å². The first-order valence-electron chi connectivity index (χ1n) is 4.71. The first-order chi connectivity index (χ1) is 5.75. The van der Waals surface area contributed by atoms with Gasteiger partial charge in [0.2, 0.25) is 0 Å². The van der Waals surface area contributed by atoms with Gasteiger partial charge in [0.15, 0.2) is 0 Å². The van der Waals surface area contributed by atoms with Crippen molar-refractivity contribution in [3.63, 3.8) is 0 Å². The molecule has 2 nitrogen and oxygen atoms in total. The van der Waals surface area contributed by atoms with Gasteiger partial charge in [-0.1, -0.05) is 25.2 Å². The highest BCUT2D eigenvalue weighted by Crippen LogP contribution is 2.17. The molecule has 0 aliphatic rings. The molecule has 0 unspecified atom stereocenters. The van der Waals surface area contributed by atoms with Gasteiger partial charge in [-0.3, -0.25) is 0 Å². The van der Waals surface area contributed by atoms with Crippen LogP contribution in [-0.4, -0.2) is 15.5 Å². The second-order valence-corrected chi connectivity index (χ2v) is 6.65. The highest BCUT2D eigenvalue weighted by Gasteiger charge is 2.26. The Hall–Kier alpha value is -0.0200. The zero-order valence-electron chi connectivity index (χ0n) is 9.50. The number of nitrogens with zero attached hydrogens (tertiary/aromatic N) is 1. The fraction of sp³-hybridized carbons (Fsp3) is 0.900. The second kappa shape index (κ2) is 5.01. The van der Waals surface area contributed by atoms with Crippen LogP contribution in [-0.2, 0) is 11.4 Å². The Labute approximate surface area is 85.1 Å². The van der Waals surface area contributed by atoms with E-state index in [4.69, 9.17) is 0 Å². The maximum absolute atomic E-state index is 11.5. The summed E-state index contributed by atoms with van der Waals surface area (Å²) >= 11 is -1.11. The molecule has 78 valence electrons. The van der Waals surface area contributed by atoms with E-state index in [1.807, 2.05) is 27.0 Å². The summed E-state index contributed by atoms with van der Waals surface area (Å²) in [5, 5.41) is 0. The third-order valence-corrected chi connectivity index (χ3v) is 3.33. The molecule has 0 bridgehead atoms. The highest BCUT2D eigenvalue weighted by atomic mass is 32.2. The standard InChI is InChI=1S/C10H21NOS/c1-8(2)9(3)7-11-13(12)10(4,5)6/h7-9H,1-6H3/b11-7+/t9-,13-/m1/s1. The maximum Gasteiger partial charge on any atom is 0.144 e. The summed E-state index contributed by atoms with van der Waals surface area (Å²) in [5.74, 6) is 0.951. The van der Waals surface area contributed by atoms with E-state index < -0.39 is 11.4 Å². The highest BCUT2D eigenvalue weighted by molar-refractivity contribution is 7.91. The second-order valence-electron chi connectivity index (χ2n) is 4.72. The van der Waals surface area contributed by atoms with Crippen LogP contribution in [0.3, 0.4) is 0 Å². The molecule has 0 aliphatic carbocycles. The minimum atomic E-state index is -1.11. The molecule has 0 saturated carbocycles. The SMILES string of the molecule is CC(C)[C@H](C)/C=N/[S@+]([O-])C(C)(C)C. The van der Waals surface area contributed by atoms with Gasteiger partial charge in [0, 0.05) is 0 Å². The summed E-state index contributed by atoms with van der Waals surface area (Å²) in [6.45, 7) is 12.2. The van der Waals surface area contributed by atoms with Crippen molar-refractivity contribution in [1.29, 1.82) is 0 Å². The molecule has 2 atom stereocenters. The third kappa shape index (κ3) is 5.32. The fourth-order valence-corrected chi connectivity index (χ4v) is 1.10. The van der Waals surface area contributed by atoms with Gasteiger partial charge in [-0.05, 0) is 32.6 Å². The van der Waals surface area contributed by atoms with E-state index >= 15 is 0 Å². The molecule has 3 heteroatoms. The Bertz CT molecular complexity index is 172. The van der Waals surface area contributed by atoms with E-state index in [1.54, 1.807) is 0 Å². The van der Waals surface area contributed by atoms with Crippen LogP contribution in [0.4, 0.5) is 0 Å². The molecule has 0 spiro atoms. The largest absolute Gasteiger partial charge is 0.591 e. The van der Waals surface area contributed by atoms with Crippen molar-refractivity contribution in [3.8, 4) is 0 Å². The Balaban J connectivity index is 4.12. The summed E-state index contributed by atoms with van der Waals surface area (Å²) in [4.78, 5) is 0. The Morgan fingerprint density at radius 3 is 2.00 bits per heavy atom. The first-order valence-corrected chi connectivity index (χ1v) is 5.82. The maximum atomic E-state index is 11.5. The molecule has 0 amide bonds. The van der Waals surface area contributed by atoms with Gasteiger partial charge in [-0.15, -0.1) is 0 Å². The van der Waals surface area contributed by atoms with E-state index in [1.165, 1.54) is 0 Å². The van der Waals surface area contributed by atoms with Crippen LogP contribution in [0.2, 0.25) is 0 Å². The van der Waals surface area contributed by atoms with Crippen LogP contribution in [0.15, 0.2) is 4.40 Å². The number of rotatable bonds is 3. The van der Waals surface area contributed by atoms with Crippen LogP contribution < -0.4 is 0 Å². The van der Waals surface area contributed by atoms with Gasteiger partial charge in [0.1, 0.15) is 16.1 Å². The summed E-state index contributed by atoms with van der Waals surface area (Å²) in [6.07, 6.45) is 1.81. The minimum Gasteiger partial charge on any atom is -0.591 e. The summed E-state index contributed by atoms with van der Waals surface area (Å²) in [7, 11) is 0. The summed E-state index contributed by atoms with van der Waals surface area (Å²) in [6, 6.07) is 0. The molecule has 0 saturated heterocycles. The lowest BCUT2D eigenvalue weighted by atomic mass is 10.0. The van der Waals surface area contributed by atoms with Crippen molar-refractivity contribution < 1.29 is 4.55 Å². The lowest BCUT2D eigenvalue weighted by molar-refractivity contribution is 0.538. The molecular weight excluding hydrogens is 182 g/mol. The normalized spacial score (nSPS) is 18.2. The summed E-state index contributed by atoms with van der Waals surface area (Å²) < 4.78 is 15.3. The van der Waals surface area contributed by atoms with Crippen LogP contribution in [0.25, 0.3) is 0 Å². The topological polar surface area (TPSA) is 35.4 Å². The van der Waals surface area contributed by atoms with Crippen molar-refractivity contribution in [2.24, 2.45) is 16.2 Å². The molecular formula is C10H21NOS. The quantitative estimate of drug-likeness (QED) is 0.513. The van der Waals surface area contributed by atoms with Gasteiger partial charge >= 0.3 is 0 Å². The third-order valence-electron chi connectivity index (χ3n) is 1.97. The molecule has 0 heterocycles. The van der Waals surface area contributed by atoms with Gasteiger partial charge in [-0.2, -0.15) is 0 Å². The van der Waals surface area contributed by atoms with Crippen molar-refractivity contribution in [2.75, 3.05) is 0 Å². The van der Waals surface area contributed by atoms with E-state index in [0.29, 0.717) is 11.8 Å². The van der Waals surface area contributed by atoms with Crippen LogP contribution >= 0.6 is 0 Å². The minimum absolute atomic E-state index is 0.243. The zero-order valence-corrected chi connectivity index (χ0v) is 10.3. The molecule has 0 radical (unpaired) electrons. The van der Waals surface area contributed by atoms with E-state index in [0.717, 1.165) is 0 Å². The monoisotopic (exact) mass is 203 g/mol. The first kappa shape index (κ1) is 13.0. The Morgan fingerprint density at radius 1 is 1.23 bits per heavy atom. The molecule has 0 N–H and O–H groups in total. The number of hydrogen-bond donors (Lipinski definition) is 0. The van der Waals surface area contributed by atoms with Crippen LogP contribution in [0, 0.1) is 11.8 Å². The zero-order chi connectivity index (χ0) is 10.6. The van der Waals surface area contributed by atoms with Crippen LogP contribution in [0.5, 0.6) is 0 Å². The smallest absolute Gasteiger partial charge is 0.144 e. The van der Waals surface area contributed by atoms with Crippen molar-refractivity contribution in [3.05, 3.63) is 0 Å². The molecule has 0 aromatic heterocycles. The van der Waals surface area contributed by atoms with E-state index in [9.17, 15) is 4.55 Å². The Morgan fingerprint density at radius 2 is 1.69 bits per heavy atom. The fourth-order valence-electron chi connectivity index (χ4n) is 0.482. The van der Waals surface area contributed by atoms with Gasteiger partial charge in [-0.25, -0.2) is 0 Å².